The van der Waals surface area contributed by atoms with Crippen LogP contribution in [0.5, 0.6) is 0 Å². The minimum atomic E-state index is -0.334. The molecule has 112 valence electrons. The molecule has 0 aliphatic heterocycles. The van der Waals surface area contributed by atoms with E-state index < -0.39 is 0 Å². The van der Waals surface area contributed by atoms with Gasteiger partial charge in [-0.1, -0.05) is 29.8 Å². The van der Waals surface area contributed by atoms with Crippen LogP contribution in [-0.4, -0.2) is 35.2 Å². The van der Waals surface area contributed by atoms with Crippen LogP contribution in [0, 0.1) is 0 Å². The molecule has 1 aromatic carbocycles. The van der Waals surface area contributed by atoms with Gasteiger partial charge in [0.25, 0.3) is 5.91 Å². The van der Waals surface area contributed by atoms with Crippen LogP contribution in [0.15, 0.2) is 22.7 Å². The number of nitrogens with zero attached hydrogens (tertiary/aromatic N) is 3. The smallest absolute Gasteiger partial charge is 0.295 e. The van der Waals surface area contributed by atoms with Gasteiger partial charge in [0.1, 0.15) is 5.82 Å². The fourth-order valence-corrected chi connectivity index (χ4v) is 2.17. The minimum Gasteiger partial charge on any atom is -0.376 e. The number of hydrogen-bond donors (Lipinski definition) is 2. The second kappa shape index (κ2) is 6.26. The minimum absolute atomic E-state index is 0.142. The van der Waals surface area contributed by atoms with E-state index >= 15 is 0 Å². The van der Waals surface area contributed by atoms with Crippen molar-refractivity contribution in [1.29, 1.82) is 0 Å². The molecule has 1 aromatic heterocycles. The van der Waals surface area contributed by atoms with Gasteiger partial charge in [0.05, 0.1) is 11.4 Å². The van der Waals surface area contributed by atoms with Crippen LogP contribution in [0.2, 0.25) is 0 Å². The Morgan fingerprint density at radius 3 is 2.67 bits per heavy atom. The number of aromatic nitrogens is 3. The fourth-order valence-electron chi connectivity index (χ4n) is 1.81. The molecular weight excluding hydrogens is 334 g/mol. The molecule has 0 saturated heterocycles. The molecule has 0 unspecified atom stereocenters. The molecule has 0 aliphatic rings. The van der Waals surface area contributed by atoms with Crippen molar-refractivity contribution in [3.63, 3.8) is 0 Å². The molecule has 0 fully saturated rings. The molecule has 2 rings (SSSR count). The Balaban J connectivity index is 2.24. The van der Waals surface area contributed by atoms with E-state index in [0.717, 1.165) is 10.2 Å². The number of carbonyl (C=O) groups excluding carboxylic acids is 1. The maximum atomic E-state index is 12.2. The van der Waals surface area contributed by atoms with E-state index in [9.17, 15) is 4.79 Å². The zero-order valence-electron chi connectivity index (χ0n) is 12.4. The van der Waals surface area contributed by atoms with Crippen LogP contribution in [0.25, 0.3) is 0 Å². The summed E-state index contributed by atoms with van der Waals surface area (Å²) < 4.78 is 0.890. The average Bonchev–Trinajstić information content (AvgIpc) is 2.88. The molecule has 1 amide bonds. The van der Waals surface area contributed by atoms with Crippen LogP contribution in [0.4, 0.5) is 11.4 Å². The summed E-state index contributed by atoms with van der Waals surface area (Å²) in [6.07, 6.45) is 0. The largest absolute Gasteiger partial charge is 0.376 e. The first kappa shape index (κ1) is 15.5. The topological polar surface area (TPSA) is 73.9 Å². The Morgan fingerprint density at radius 2 is 2.10 bits per heavy atom. The molecule has 6 nitrogen and oxygen atoms in total. The lowest BCUT2D eigenvalue weighted by Crippen LogP contribution is -2.17. The Labute approximate surface area is 132 Å². The van der Waals surface area contributed by atoms with Crippen molar-refractivity contribution in [2.24, 2.45) is 0 Å². The van der Waals surface area contributed by atoms with Gasteiger partial charge in [-0.05, 0) is 18.2 Å². The predicted molar refractivity (Wildman–Crippen MR) is 86.9 cm³/mol. The number of benzene rings is 1. The summed E-state index contributed by atoms with van der Waals surface area (Å²) >= 11 is 3.41. The van der Waals surface area contributed by atoms with Crippen molar-refractivity contribution in [2.45, 2.75) is 19.8 Å². The van der Waals surface area contributed by atoms with Crippen LogP contribution in [0.3, 0.4) is 0 Å². The summed E-state index contributed by atoms with van der Waals surface area (Å²) in [7, 11) is 3.84. The Bertz CT molecular complexity index is 651. The Morgan fingerprint density at radius 1 is 1.38 bits per heavy atom. The van der Waals surface area contributed by atoms with Gasteiger partial charge in [0.2, 0.25) is 5.82 Å². The van der Waals surface area contributed by atoms with Gasteiger partial charge in [-0.2, -0.15) is 0 Å². The van der Waals surface area contributed by atoms with E-state index in [2.05, 4.69) is 36.4 Å². The van der Waals surface area contributed by atoms with Crippen molar-refractivity contribution in [2.75, 3.05) is 24.3 Å². The Hall–Kier alpha value is -1.89. The van der Waals surface area contributed by atoms with Crippen LogP contribution in [0.1, 0.15) is 36.2 Å². The number of anilines is 2. The number of H-pyrrole nitrogens is 1. The van der Waals surface area contributed by atoms with Crippen molar-refractivity contribution < 1.29 is 4.79 Å². The summed E-state index contributed by atoms with van der Waals surface area (Å²) in [5.74, 6) is 0.701. The average molecular weight is 352 g/mol. The monoisotopic (exact) mass is 351 g/mol. The summed E-state index contributed by atoms with van der Waals surface area (Å²) in [5.41, 5.74) is 1.61. The second-order valence-electron chi connectivity index (χ2n) is 5.21. The van der Waals surface area contributed by atoms with Gasteiger partial charge >= 0.3 is 0 Å². The lowest BCUT2D eigenvalue weighted by molar-refractivity contribution is 0.101. The van der Waals surface area contributed by atoms with Crippen molar-refractivity contribution in [3.8, 4) is 0 Å². The molecule has 0 radical (unpaired) electrons. The van der Waals surface area contributed by atoms with E-state index in [1.54, 1.807) is 0 Å². The number of nitrogens with one attached hydrogen (secondary N) is 2. The molecule has 1 heterocycles. The molecule has 0 aliphatic carbocycles. The summed E-state index contributed by atoms with van der Waals surface area (Å²) in [6, 6.07) is 5.70. The zero-order chi connectivity index (χ0) is 15.6. The summed E-state index contributed by atoms with van der Waals surface area (Å²) in [6.45, 7) is 3.97. The molecule has 0 spiro atoms. The second-order valence-corrected chi connectivity index (χ2v) is 6.12. The van der Waals surface area contributed by atoms with Crippen LogP contribution in [-0.2, 0) is 0 Å². The maximum Gasteiger partial charge on any atom is 0.295 e. The predicted octanol–water partition coefficient (Wildman–Crippen LogP) is 3.01. The van der Waals surface area contributed by atoms with E-state index in [0.29, 0.717) is 11.5 Å². The zero-order valence-corrected chi connectivity index (χ0v) is 14.0. The van der Waals surface area contributed by atoms with E-state index in [1.165, 1.54) is 0 Å². The Kier molecular flexibility index (Phi) is 4.62. The van der Waals surface area contributed by atoms with Crippen LogP contribution < -0.4 is 10.2 Å². The molecular formula is C14H18BrN5O. The number of amides is 1. The summed E-state index contributed by atoms with van der Waals surface area (Å²) in [5, 5.41) is 9.58. The number of halogens is 1. The third-order valence-corrected chi connectivity index (χ3v) is 3.43. The highest BCUT2D eigenvalue weighted by Crippen LogP contribution is 2.28. The lowest BCUT2D eigenvalue weighted by Gasteiger charge is -2.17. The number of aromatic amines is 1. The third kappa shape index (κ3) is 3.60. The van der Waals surface area contributed by atoms with Gasteiger partial charge in [-0.3, -0.25) is 9.89 Å². The summed E-state index contributed by atoms with van der Waals surface area (Å²) in [4.78, 5) is 18.4. The highest BCUT2D eigenvalue weighted by Gasteiger charge is 2.16. The lowest BCUT2D eigenvalue weighted by atomic mass is 10.2. The molecule has 2 aromatic rings. The molecule has 0 bridgehead atoms. The van der Waals surface area contributed by atoms with Crippen molar-refractivity contribution in [1.82, 2.24) is 15.2 Å². The van der Waals surface area contributed by atoms with Gasteiger partial charge in [-0.25, -0.2) is 4.98 Å². The SMILES string of the molecule is CC(C)c1nc(C(=O)Nc2cc(Br)ccc2N(C)C)n[nH]1. The fraction of sp³-hybridized carbons (Fsp3) is 0.357. The quantitative estimate of drug-likeness (QED) is 0.887. The van der Waals surface area contributed by atoms with Gasteiger partial charge in [0.15, 0.2) is 0 Å². The molecule has 0 saturated carbocycles. The van der Waals surface area contributed by atoms with E-state index in [4.69, 9.17) is 0 Å². The standard InChI is InChI=1S/C14H18BrN5O/c1-8(2)12-17-13(19-18-12)14(21)16-10-7-9(15)5-6-11(10)20(3)4/h5-8H,1-4H3,(H,16,21)(H,17,18,19). The normalized spacial score (nSPS) is 10.8. The molecule has 7 heteroatoms. The number of hydrogen-bond acceptors (Lipinski definition) is 4. The highest BCUT2D eigenvalue weighted by atomic mass is 79.9. The van der Waals surface area contributed by atoms with Crippen molar-refractivity contribution >= 4 is 33.2 Å². The van der Waals surface area contributed by atoms with E-state index in [1.807, 2.05) is 51.0 Å². The number of rotatable bonds is 4. The van der Waals surface area contributed by atoms with E-state index in [-0.39, 0.29) is 17.6 Å². The van der Waals surface area contributed by atoms with Gasteiger partial charge < -0.3 is 10.2 Å². The maximum absolute atomic E-state index is 12.2. The van der Waals surface area contributed by atoms with Crippen LogP contribution >= 0.6 is 15.9 Å². The molecule has 0 atom stereocenters. The first-order valence-corrected chi connectivity index (χ1v) is 7.38. The molecule has 2 N–H and O–H groups in total. The number of carbonyl (C=O) groups is 1. The highest BCUT2D eigenvalue weighted by molar-refractivity contribution is 9.10. The van der Waals surface area contributed by atoms with Crippen molar-refractivity contribution in [3.05, 3.63) is 34.3 Å². The molecule has 21 heavy (non-hydrogen) atoms. The van der Waals surface area contributed by atoms with Gasteiger partial charge in [0, 0.05) is 24.5 Å². The first-order valence-electron chi connectivity index (χ1n) is 6.59. The first-order chi connectivity index (χ1) is 9.88. The van der Waals surface area contributed by atoms with Gasteiger partial charge in [-0.15, -0.1) is 5.10 Å². The third-order valence-electron chi connectivity index (χ3n) is 2.94.